The molecule has 1 N–H and O–H groups in total. The minimum atomic E-state index is -0.546. The number of likely N-dealkylation sites (N-methyl/N-ethyl adjacent to an activating group) is 1. The van der Waals surface area contributed by atoms with Crippen LogP contribution in [0.15, 0.2) is 24.5 Å². The summed E-state index contributed by atoms with van der Waals surface area (Å²) < 4.78 is 19.7. The standard InChI is InChI=1S/C27H37FN6O3/c1-18-14-22(35)25-24(18)26(30-17-29-25)33-10-12-34(13-11-33)27(36)20(16-32-8-6-31(2)7-9-32)19-4-5-23(37-3)21(28)15-19/h4-5,15,17-18,20,22,35H,6-14,16H2,1-3H3/t18-,20-,22-/m1/s1. The van der Waals surface area contributed by atoms with E-state index in [-0.39, 0.29) is 17.6 Å². The van der Waals surface area contributed by atoms with E-state index in [1.807, 2.05) is 11.0 Å². The minimum absolute atomic E-state index is 0.0276. The van der Waals surface area contributed by atoms with Gasteiger partial charge in [-0.2, -0.15) is 0 Å². The Balaban J connectivity index is 1.32. The zero-order valence-corrected chi connectivity index (χ0v) is 21.9. The highest BCUT2D eigenvalue weighted by Gasteiger charge is 2.35. The summed E-state index contributed by atoms with van der Waals surface area (Å²) in [5, 5.41) is 10.4. The van der Waals surface area contributed by atoms with Gasteiger partial charge in [-0.3, -0.25) is 9.69 Å². The molecular formula is C27H37FN6O3. The quantitative estimate of drug-likeness (QED) is 0.628. The van der Waals surface area contributed by atoms with Crippen LogP contribution in [0, 0.1) is 5.82 Å². The zero-order chi connectivity index (χ0) is 26.1. The maximum absolute atomic E-state index is 14.6. The van der Waals surface area contributed by atoms with Gasteiger partial charge in [0.05, 0.1) is 24.8 Å². The number of piperazine rings is 2. The van der Waals surface area contributed by atoms with Gasteiger partial charge in [0.2, 0.25) is 5.91 Å². The number of rotatable bonds is 6. The molecule has 3 atom stereocenters. The lowest BCUT2D eigenvalue weighted by Crippen LogP contribution is -2.52. The largest absolute Gasteiger partial charge is 0.494 e. The fraction of sp³-hybridized carbons (Fsp3) is 0.593. The SMILES string of the molecule is COc1ccc([C@@H](CN2CCN(C)CC2)C(=O)N2CCN(c3ncnc4c3[C@H](C)C[C@H]4O)CC2)cc1F. The maximum atomic E-state index is 14.6. The molecule has 2 saturated heterocycles. The van der Waals surface area contributed by atoms with Gasteiger partial charge in [0, 0.05) is 64.5 Å². The van der Waals surface area contributed by atoms with Gasteiger partial charge in [0.25, 0.3) is 0 Å². The lowest BCUT2D eigenvalue weighted by Gasteiger charge is -2.39. The van der Waals surface area contributed by atoms with Crippen molar-refractivity contribution in [3.8, 4) is 5.75 Å². The number of amides is 1. The molecule has 1 amide bonds. The van der Waals surface area contributed by atoms with E-state index < -0.39 is 17.8 Å². The summed E-state index contributed by atoms with van der Waals surface area (Å²) in [5.41, 5.74) is 2.43. The van der Waals surface area contributed by atoms with Crippen LogP contribution < -0.4 is 9.64 Å². The van der Waals surface area contributed by atoms with E-state index in [0.717, 1.165) is 43.3 Å². The second kappa shape index (κ2) is 10.9. The first-order valence-corrected chi connectivity index (χ1v) is 13.2. The number of aliphatic hydroxyl groups excluding tert-OH is 1. The number of carbonyl (C=O) groups excluding carboxylic acids is 1. The van der Waals surface area contributed by atoms with Crippen molar-refractivity contribution >= 4 is 11.7 Å². The first kappa shape index (κ1) is 25.8. The molecule has 10 heteroatoms. The van der Waals surface area contributed by atoms with Gasteiger partial charge in [-0.1, -0.05) is 13.0 Å². The highest BCUT2D eigenvalue weighted by atomic mass is 19.1. The number of halogens is 1. The summed E-state index contributed by atoms with van der Waals surface area (Å²) in [6, 6.07) is 4.87. The van der Waals surface area contributed by atoms with E-state index in [1.54, 1.807) is 6.07 Å². The third-order valence-electron chi connectivity index (χ3n) is 8.08. The molecule has 3 aliphatic rings. The number of aromatic nitrogens is 2. The van der Waals surface area contributed by atoms with Crippen molar-refractivity contribution in [3.63, 3.8) is 0 Å². The predicted molar refractivity (Wildman–Crippen MR) is 138 cm³/mol. The van der Waals surface area contributed by atoms with Crippen LogP contribution in [-0.2, 0) is 4.79 Å². The summed E-state index contributed by atoms with van der Waals surface area (Å²) in [4.78, 5) is 31.5. The van der Waals surface area contributed by atoms with Crippen LogP contribution in [0.1, 0.15) is 48.1 Å². The summed E-state index contributed by atoms with van der Waals surface area (Å²) in [7, 11) is 3.55. The van der Waals surface area contributed by atoms with Gasteiger partial charge >= 0.3 is 0 Å². The molecule has 200 valence electrons. The van der Waals surface area contributed by atoms with Crippen molar-refractivity contribution in [3.05, 3.63) is 47.2 Å². The molecule has 3 heterocycles. The highest BCUT2D eigenvalue weighted by molar-refractivity contribution is 5.84. The van der Waals surface area contributed by atoms with Gasteiger partial charge in [-0.15, -0.1) is 0 Å². The number of nitrogens with zero attached hydrogens (tertiary/aromatic N) is 6. The second-order valence-corrected chi connectivity index (χ2v) is 10.5. The van der Waals surface area contributed by atoms with Crippen LogP contribution >= 0.6 is 0 Å². The zero-order valence-electron chi connectivity index (χ0n) is 21.9. The molecule has 2 fully saturated rings. The molecule has 5 rings (SSSR count). The maximum Gasteiger partial charge on any atom is 0.231 e. The first-order chi connectivity index (χ1) is 17.9. The van der Waals surface area contributed by atoms with Crippen molar-refractivity contribution in [1.29, 1.82) is 0 Å². The van der Waals surface area contributed by atoms with E-state index in [2.05, 4.69) is 38.6 Å². The summed E-state index contributed by atoms with van der Waals surface area (Å²) in [6.45, 7) is 8.75. The van der Waals surface area contributed by atoms with Crippen LogP contribution in [0.3, 0.4) is 0 Å². The van der Waals surface area contributed by atoms with Crippen molar-refractivity contribution in [2.45, 2.75) is 31.3 Å². The Morgan fingerprint density at radius 3 is 2.54 bits per heavy atom. The number of carbonyl (C=O) groups is 1. The van der Waals surface area contributed by atoms with Gasteiger partial charge in [-0.05, 0) is 37.1 Å². The molecule has 1 aromatic heterocycles. The number of fused-ring (bicyclic) bond motifs is 1. The third-order valence-corrected chi connectivity index (χ3v) is 8.08. The molecular weight excluding hydrogens is 475 g/mol. The number of anilines is 1. The van der Waals surface area contributed by atoms with Crippen molar-refractivity contribution in [1.82, 2.24) is 24.7 Å². The predicted octanol–water partition coefficient (Wildman–Crippen LogP) is 1.84. The van der Waals surface area contributed by atoms with E-state index in [9.17, 15) is 14.3 Å². The number of aliphatic hydroxyl groups is 1. The minimum Gasteiger partial charge on any atom is -0.494 e. The average molecular weight is 513 g/mol. The van der Waals surface area contributed by atoms with E-state index in [0.29, 0.717) is 44.7 Å². The number of methoxy groups -OCH3 is 1. The molecule has 2 aromatic rings. The van der Waals surface area contributed by atoms with Crippen LogP contribution in [0.4, 0.5) is 10.2 Å². The normalized spacial score (nSPS) is 23.7. The number of hydrogen-bond donors (Lipinski definition) is 1. The molecule has 9 nitrogen and oxygen atoms in total. The summed E-state index contributed by atoms with van der Waals surface area (Å²) in [5.74, 6) is 0.370. The monoisotopic (exact) mass is 512 g/mol. The summed E-state index contributed by atoms with van der Waals surface area (Å²) in [6.07, 6.45) is 1.64. The number of hydrogen-bond acceptors (Lipinski definition) is 8. The van der Waals surface area contributed by atoms with Crippen LogP contribution in [0.2, 0.25) is 0 Å². The van der Waals surface area contributed by atoms with Gasteiger partial charge < -0.3 is 24.5 Å². The summed E-state index contributed by atoms with van der Waals surface area (Å²) >= 11 is 0. The molecule has 0 radical (unpaired) electrons. The van der Waals surface area contributed by atoms with E-state index in [4.69, 9.17) is 4.74 Å². The molecule has 2 aliphatic heterocycles. The lowest BCUT2D eigenvalue weighted by molar-refractivity contribution is -0.133. The van der Waals surface area contributed by atoms with Gasteiger partial charge in [0.15, 0.2) is 11.6 Å². The Morgan fingerprint density at radius 2 is 1.86 bits per heavy atom. The topological polar surface area (TPSA) is 85.3 Å². The molecule has 0 spiro atoms. The number of benzene rings is 1. The first-order valence-electron chi connectivity index (χ1n) is 13.2. The van der Waals surface area contributed by atoms with Crippen LogP contribution in [-0.4, -0.2) is 109 Å². The smallest absolute Gasteiger partial charge is 0.231 e. The Bertz CT molecular complexity index is 1120. The van der Waals surface area contributed by atoms with Crippen LogP contribution in [0.5, 0.6) is 5.75 Å². The Hall–Kier alpha value is -2.82. The molecule has 0 unspecified atom stereocenters. The average Bonchev–Trinajstić information content (AvgIpc) is 3.21. The van der Waals surface area contributed by atoms with Gasteiger partial charge in [0.1, 0.15) is 12.1 Å². The third kappa shape index (κ3) is 5.28. The van der Waals surface area contributed by atoms with Gasteiger partial charge in [-0.25, -0.2) is 14.4 Å². The molecule has 0 saturated carbocycles. The molecule has 1 aromatic carbocycles. The van der Waals surface area contributed by atoms with E-state index >= 15 is 0 Å². The Kier molecular flexibility index (Phi) is 7.60. The fourth-order valence-corrected chi connectivity index (χ4v) is 5.83. The molecule has 0 bridgehead atoms. The Morgan fingerprint density at radius 1 is 1.14 bits per heavy atom. The van der Waals surface area contributed by atoms with E-state index in [1.165, 1.54) is 19.5 Å². The molecule has 37 heavy (non-hydrogen) atoms. The van der Waals surface area contributed by atoms with Crippen molar-refractivity contribution in [2.24, 2.45) is 0 Å². The lowest BCUT2D eigenvalue weighted by atomic mass is 9.95. The number of ether oxygens (including phenoxy) is 1. The van der Waals surface area contributed by atoms with Crippen LogP contribution in [0.25, 0.3) is 0 Å². The Labute approximate surface area is 217 Å². The molecule has 1 aliphatic carbocycles. The fourth-order valence-electron chi connectivity index (χ4n) is 5.83. The van der Waals surface area contributed by atoms with Crippen molar-refractivity contribution in [2.75, 3.05) is 78.0 Å². The van der Waals surface area contributed by atoms with Crippen molar-refractivity contribution < 1.29 is 19.0 Å². The second-order valence-electron chi connectivity index (χ2n) is 10.5. The highest BCUT2D eigenvalue weighted by Crippen LogP contribution is 2.42.